The zero-order chi connectivity index (χ0) is 11.2. The maximum Gasteiger partial charge on any atom is 0.119 e. The first kappa shape index (κ1) is 11.5. The highest BCUT2D eigenvalue weighted by atomic mass is 16.5. The molecule has 0 radical (unpaired) electrons. The normalized spacial score (nSPS) is 17.1. The number of aliphatic hydroxyl groups excluding tert-OH is 1. The standard InChI is InChI=1S/C14H20O2/c15-14(12-9-10-12)8-4-5-11-16-13-6-2-1-3-7-13/h1-3,6-7,12,14-15H,4-5,8-11H2. The van der Waals surface area contributed by atoms with Crippen molar-refractivity contribution in [1.82, 2.24) is 0 Å². The molecule has 1 atom stereocenters. The van der Waals surface area contributed by atoms with E-state index >= 15 is 0 Å². The van der Waals surface area contributed by atoms with E-state index < -0.39 is 0 Å². The van der Waals surface area contributed by atoms with Gasteiger partial charge in [0.05, 0.1) is 12.7 Å². The van der Waals surface area contributed by atoms with Gasteiger partial charge in [0.25, 0.3) is 0 Å². The number of rotatable bonds is 7. The molecule has 1 aliphatic rings. The van der Waals surface area contributed by atoms with Crippen LogP contribution in [0, 0.1) is 5.92 Å². The van der Waals surface area contributed by atoms with E-state index in [-0.39, 0.29) is 6.10 Å². The van der Waals surface area contributed by atoms with Crippen molar-refractivity contribution < 1.29 is 9.84 Å². The Morgan fingerprint density at radius 3 is 2.62 bits per heavy atom. The smallest absolute Gasteiger partial charge is 0.119 e. The van der Waals surface area contributed by atoms with Crippen LogP contribution in [0.25, 0.3) is 0 Å². The van der Waals surface area contributed by atoms with Crippen LogP contribution in [-0.4, -0.2) is 17.8 Å². The fourth-order valence-corrected chi connectivity index (χ4v) is 1.88. The molecule has 1 fully saturated rings. The topological polar surface area (TPSA) is 29.5 Å². The van der Waals surface area contributed by atoms with Crippen LogP contribution in [-0.2, 0) is 0 Å². The Labute approximate surface area is 97.3 Å². The van der Waals surface area contributed by atoms with Gasteiger partial charge in [0, 0.05) is 0 Å². The lowest BCUT2D eigenvalue weighted by molar-refractivity contribution is 0.136. The molecule has 1 N–H and O–H groups in total. The van der Waals surface area contributed by atoms with Crippen molar-refractivity contribution in [3.05, 3.63) is 30.3 Å². The fraction of sp³-hybridized carbons (Fsp3) is 0.571. The van der Waals surface area contributed by atoms with E-state index in [1.54, 1.807) is 0 Å². The lowest BCUT2D eigenvalue weighted by atomic mass is 10.1. The van der Waals surface area contributed by atoms with Gasteiger partial charge in [0.2, 0.25) is 0 Å². The Morgan fingerprint density at radius 2 is 1.94 bits per heavy atom. The molecule has 1 aliphatic carbocycles. The minimum Gasteiger partial charge on any atom is -0.494 e. The van der Waals surface area contributed by atoms with E-state index in [0.29, 0.717) is 5.92 Å². The molecule has 0 aliphatic heterocycles. The Balaban J connectivity index is 1.52. The van der Waals surface area contributed by atoms with Crippen molar-refractivity contribution in [3.8, 4) is 5.75 Å². The van der Waals surface area contributed by atoms with Crippen LogP contribution in [0.1, 0.15) is 32.1 Å². The highest BCUT2D eigenvalue weighted by Gasteiger charge is 2.28. The van der Waals surface area contributed by atoms with Crippen molar-refractivity contribution in [3.63, 3.8) is 0 Å². The molecule has 1 saturated carbocycles. The number of aliphatic hydroxyl groups is 1. The third kappa shape index (κ3) is 3.86. The Hall–Kier alpha value is -1.02. The minimum atomic E-state index is -0.0586. The fourth-order valence-electron chi connectivity index (χ4n) is 1.88. The summed E-state index contributed by atoms with van der Waals surface area (Å²) in [5.41, 5.74) is 0. The van der Waals surface area contributed by atoms with Crippen LogP contribution in [0.4, 0.5) is 0 Å². The first-order valence-electron chi connectivity index (χ1n) is 6.22. The molecule has 16 heavy (non-hydrogen) atoms. The van der Waals surface area contributed by atoms with Gasteiger partial charge in [-0.1, -0.05) is 18.2 Å². The number of ether oxygens (including phenoxy) is 1. The molecule has 1 unspecified atom stereocenters. The molecule has 0 heterocycles. The van der Waals surface area contributed by atoms with Gasteiger partial charge in [-0.2, -0.15) is 0 Å². The summed E-state index contributed by atoms with van der Waals surface area (Å²) in [6.45, 7) is 0.751. The van der Waals surface area contributed by atoms with Gasteiger partial charge in [-0.25, -0.2) is 0 Å². The highest BCUT2D eigenvalue weighted by Crippen LogP contribution is 2.34. The first-order chi connectivity index (χ1) is 7.86. The van der Waals surface area contributed by atoms with E-state index in [1.807, 2.05) is 30.3 Å². The van der Waals surface area contributed by atoms with Gasteiger partial charge in [-0.05, 0) is 50.2 Å². The van der Waals surface area contributed by atoms with Gasteiger partial charge >= 0.3 is 0 Å². The Kier molecular flexibility index (Phi) is 4.23. The molecule has 2 heteroatoms. The summed E-state index contributed by atoms with van der Waals surface area (Å²) in [5.74, 6) is 1.54. The molecule has 2 rings (SSSR count). The number of unbranched alkanes of at least 4 members (excludes halogenated alkanes) is 1. The average Bonchev–Trinajstić information content (AvgIpc) is 3.13. The molecule has 2 nitrogen and oxygen atoms in total. The third-order valence-electron chi connectivity index (χ3n) is 3.07. The van der Waals surface area contributed by atoms with Crippen LogP contribution in [0.3, 0.4) is 0 Å². The second-order valence-corrected chi connectivity index (χ2v) is 4.56. The van der Waals surface area contributed by atoms with Crippen molar-refractivity contribution in [2.75, 3.05) is 6.61 Å². The number of benzene rings is 1. The molecule has 1 aromatic carbocycles. The van der Waals surface area contributed by atoms with Crippen molar-refractivity contribution in [1.29, 1.82) is 0 Å². The molecule has 0 spiro atoms. The zero-order valence-electron chi connectivity index (χ0n) is 9.64. The Morgan fingerprint density at radius 1 is 1.19 bits per heavy atom. The van der Waals surface area contributed by atoms with Crippen LogP contribution in [0.15, 0.2) is 30.3 Å². The second-order valence-electron chi connectivity index (χ2n) is 4.56. The lowest BCUT2D eigenvalue weighted by Gasteiger charge is -2.09. The molecule has 0 saturated heterocycles. The summed E-state index contributed by atoms with van der Waals surface area (Å²) in [6, 6.07) is 9.88. The summed E-state index contributed by atoms with van der Waals surface area (Å²) < 4.78 is 5.58. The lowest BCUT2D eigenvalue weighted by Crippen LogP contribution is -2.09. The van der Waals surface area contributed by atoms with E-state index in [1.165, 1.54) is 12.8 Å². The van der Waals surface area contributed by atoms with Gasteiger partial charge in [0.15, 0.2) is 0 Å². The number of hydrogen-bond donors (Lipinski definition) is 1. The van der Waals surface area contributed by atoms with E-state index in [2.05, 4.69) is 0 Å². The van der Waals surface area contributed by atoms with Gasteiger partial charge < -0.3 is 9.84 Å². The molecule has 0 bridgehead atoms. The molecular weight excluding hydrogens is 200 g/mol. The first-order valence-corrected chi connectivity index (χ1v) is 6.22. The van der Waals surface area contributed by atoms with Crippen molar-refractivity contribution in [2.24, 2.45) is 5.92 Å². The molecule has 0 aromatic heterocycles. The largest absolute Gasteiger partial charge is 0.494 e. The predicted molar refractivity (Wildman–Crippen MR) is 64.5 cm³/mol. The van der Waals surface area contributed by atoms with Gasteiger partial charge in [-0.3, -0.25) is 0 Å². The molecule has 88 valence electrons. The molecule has 0 amide bonds. The maximum absolute atomic E-state index is 9.66. The molecule has 1 aromatic rings. The average molecular weight is 220 g/mol. The van der Waals surface area contributed by atoms with E-state index in [9.17, 15) is 5.11 Å². The summed E-state index contributed by atoms with van der Waals surface area (Å²) in [5, 5.41) is 9.66. The predicted octanol–water partition coefficient (Wildman–Crippen LogP) is 3.01. The summed E-state index contributed by atoms with van der Waals surface area (Å²) in [4.78, 5) is 0. The van der Waals surface area contributed by atoms with Crippen LogP contribution in [0.5, 0.6) is 5.75 Å². The van der Waals surface area contributed by atoms with E-state index in [4.69, 9.17) is 4.74 Å². The van der Waals surface area contributed by atoms with Gasteiger partial charge in [0.1, 0.15) is 5.75 Å². The SMILES string of the molecule is OC(CCCCOc1ccccc1)C1CC1. The van der Waals surface area contributed by atoms with Crippen molar-refractivity contribution >= 4 is 0 Å². The third-order valence-corrected chi connectivity index (χ3v) is 3.07. The maximum atomic E-state index is 9.66. The summed E-state index contributed by atoms with van der Waals surface area (Å²) in [6.07, 6.45) is 5.41. The molecular formula is C14H20O2. The highest BCUT2D eigenvalue weighted by molar-refractivity contribution is 5.20. The van der Waals surface area contributed by atoms with Gasteiger partial charge in [-0.15, -0.1) is 0 Å². The van der Waals surface area contributed by atoms with Crippen LogP contribution >= 0.6 is 0 Å². The minimum absolute atomic E-state index is 0.0586. The quantitative estimate of drug-likeness (QED) is 0.716. The zero-order valence-corrected chi connectivity index (χ0v) is 9.64. The van der Waals surface area contributed by atoms with Crippen molar-refractivity contribution in [2.45, 2.75) is 38.2 Å². The van der Waals surface area contributed by atoms with Crippen LogP contribution < -0.4 is 4.74 Å². The van der Waals surface area contributed by atoms with Crippen LogP contribution in [0.2, 0.25) is 0 Å². The summed E-state index contributed by atoms with van der Waals surface area (Å²) >= 11 is 0. The monoisotopic (exact) mass is 220 g/mol. The Bertz CT molecular complexity index is 293. The number of para-hydroxylation sites is 1. The number of hydrogen-bond acceptors (Lipinski definition) is 2. The summed E-state index contributed by atoms with van der Waals surface area (Å²) in [7, 11) is 0. The second kappa shape index (κ2) is 5.90. The van der Waals surface area contributed by atoms with E-state index in [0.717, 1.165) is 31.6 Å².